The predicted octanol–water partition coefficient (Wildman–Crippen LogP) is 1.64. The van der Waals surface area contributed by atoms with Gasteiger partial charge in [-0.05, 0) is 19.3 Å². The number of aromatic nitrogens is 3. The lowest BCUT2D eigenvalue weighted by Gasteiger charge is -2.10. The summed E-state index contributed by atoms with van der Waals surface area (Å²) in [4.78, 5) is 11.6. The summed E-state index contributed by atoms with van der Waals surface area (Å²) in [6, 6.07) is 0. The Morgan fingerprint density at radius 1 is 1.65 bits per heavy atom. The van der Waals surface area contributed by atoms with Gasteiger partial charge in [0, 0.05) is 12.4 Å². The normalized spacial score (nSPS) is 19.9. The summed E-state index contributed by atoms with van der Waals surface area (Å²) in [5.41, 5.74) is -0.125. The molecular formula is C11H19N3O2S. The molecule has 0 amide bonds. The Kier molecular flexibility index (Phi) is 4.67. The molecule has 2 rings (SSSR count). The van der Waals surface area contributed by atoms with Crippen LogP contribution in [0.3, 0.4) is 0 Å². The average molecular weight is 257 g/mol. The van der Waals surface area contributed by atoms with E-state index in [1.165, 1.54) is 0 Å². The Bertz CT molecular complexity index is 396. The lowest BCUT2D eigenvalue weighted by Crippen LogP contribution is -2.25. The lowest BCUT2D eigenvalue weighted by atomic mass is 10.2. The van der Waals surface area contributed by atoms with Gasteiger partial charge in [-0.15, -0.1) is 5.10 Å². The Labute approximate surface area is 105 Å². The third kappa shape index (κ3) is 3.35. The molecule has 6 heteroatoms. The van der Waals surface area contributed by atoms with Gasteiger partial charge in [0.25, 0.3) is 0 Å². The molecule has 0 radical (unpaired) electrons. The molecule has 5 nitrogen and oxygen atoms in total. The first kappa shape index (κ1) is 12.7. The molecule has 96 valence electrons. The number of H-pyrrole nitrogens is 1. The van der Waals surface area contributed by atoms with Crippen LogP contribution in [-0.2, 0) is 11.3 Å². The quantitative estimate of drug-likeness (QED) is 0.622. The number of aromatic amines is 1. The monoisotopic (exact) mass is 257 g/mol. The van der Waals surface area contributed by atoms with Crippen molar-refractivity contribution in [3.63, 3.8) is 0 Å². The van der Waals surface area contributed by atoms with Gasteiger partial charge in [-0.3, -0.25) is 4.57 Å². The summed E-state index contributed by atoms with van der Waals surface area (Å²) >= 11 is 1.64. The molecule has 2 heterocycles. The molecule has 0 aliphatic carbocycles. The van der Waals surface area contributed by atoms with Crippen LogP contribution in [0.2, 0.25) is 0 Å². The second kappa shape index (κ2) is 6.26. The van der Waals surface area contributed by atoms with Crippen LogP contribution in [0, 0.1) is 0 Å². The van der Waals surface area contributed by atoms with Crippen LogP contribution < -0.4 is 5.69 Å². The van der Waals surface area contributed by atoms with Crippen molar-refractivity contribution in [1.82, 2.24) is 14.8 Å². The van der Waals surface area contributed by atoms with Gasteiger partial charge in [-0.2, -0.15) is 0 Å². The minimum Gasteiger partial charge on any atom is -0.376 e. The van der Waals surface area contributed by atoms with E-state index >= 15 is 0 Å². The summed E-state index contributed by atoms with van der Waals surface area (Å²) in [5, 5.41) is 7.37. The van der Waals surface area contributed by atoms with Crippen molar-refractivity contribution in [2.45, 2.75) is 50.4 Å². The number of hydrogen-bond donors (Lipinski definition) is 1. The van der Waals surface area contributed by atoms with Gasteiger partial charge in [0.05, 0.1) is 12.6 Å². The first-order valence-electron chi connectivity index (χ1n) is 6.21. The number of ether oxygens (including phenoxy) is 1. The second-order valence-electron chi connectivity index (χ2n) is 4.26. The Balaban J connectivity index is 1.98. The van der Waals surface area contributed by atoms with E-state index in [1.807, 2.05) is 0 Å². The fraction of sp³-hybridized carbons (Fsp3) is 0.818. The SMILES string of the molecule is CCCCSc1n[nH]c(=O)n1CC1CCCO1. The molecule has 1 fully saturated rings. The maximum atomic E-state index is 11.6. The molecule has 0 aromatic carbocycles. The van der Waals surface area contributed by atoms with E-state index in [9.17, 15) is 4.79 Å². The average Bonchev–Trinajstić information content (AvgIpc) is 2.94. The number of nitrogens with zero attached hydrogens (tertiary/aromatic N) is 2. The first-order chi connectivity index (χ1) is 8.31. The molecule has 0 bridgehead atoms. The van der Waals surface area contributed by atoms with E-state index in [2.05, 4.69) is 17.1 Å². The topological polar surface area (TPSA) is 59.9 Å². The fourth-order valence-corrected chi connectivity index (χ4v) is 2.91. The molecule has 1 aliphatic rings. The van der Waals surface area contributed by atoms with E-state index in [1.54, 1.807) is 16.3 Å². The van der Waals surface area contributed by atoms with Crippen LogP contribution in [-0.4, -0.2) is 33.2 Å². The Morgan fingerprint density at radius 3 is 3.24 bits per heavy atom. The maximum absolute atomic E-state index is 11.6. The van der Waals surface area contributed by atoms with Gasteiger partial charge in [0.1, 0.15) is 0 Å². The van der Waals surface area contributed by atoms with E-state index in [0.717, 1.165) is 43.2 Å². The van der Waals surface area contributed by atoms with Crippen LogP contribution in [0.25, 0.3) is 0 Å². The van der Waals surface area contributed by atoms with E-state index in [0.29, 0.717) is 6.54 Å². The highest BCUT2D eigenvalue weighted by Crippen LogP contribution is 2.18. The van der Waals surface area contributed by atoms with Crippen molar-refractivity contribution in [2.24, 2.45) is 0 Å². The third-order valence-electron chi connectivity index (χ3n) is 2.86. The van der Waals surface area contributed by atoms with E-state index in [-0.39, 0.29) is 11.8 Å². The van der Waals surface area contributed by atoms with Gasteiger partial charge in [0.2, 0.25) is 0 Å². The van der Waals surface area contributed by atoms with Crippen molar-refractivity contribution < 1.29 is 4.74 Å². The van der Waals surface area contributed by atoms with Crippen molar-refractivity contribution in [3.8, 4) is 0 Å². The van der Waals surface area contributed by atoms with Crippen LogP contribution in [0.5, 0.6) is 0 Å². The second-order valence-corrected chi connectivity index (χ2v) is 5.32. The maximum Gasteiger partial charge on any atom is 0.344 e. The number of thioether (sulfide) groups is 1. The Hall–Kier alpha value is -0.750. The van der Waals surface area contributed by atoms with E-state index in [4.69, 9.17) is 4.74 Å². The molecule has 1 aliphatic heterocycles. The molecule has 1 saturated heterocycles. The highest BCUT2D eigenvalue weighted by Gasteiger charge is 2.19. The smallest absolute Gasteiger partial charge is 0.344 e. The predicted molar refractivity (Wildman–Crippen MR) is 67.5 cm³/mol. The van der Waals surface area contributed by atoms with Crippen LogP contribution in [0.15, 0.2) is 9.95 Å². The summed E-state index contributed by atoms with van der Waals surface area (Å²) < 4.78 is 7.26. The van der Waals surface area contributed by atoms with Gasteiger partial charge in [0.15, 0.2) is 5.16 Å². The fourth-order valence-electron chi connectivity index (χ4n) is 1.87. The van der Waals surface area contributed by atoms with Crippen LogP contribution in [0.1, 0.15) is 32.6 Å². The van der Waals surface area contributed by atoms with Gasteiger partial charge in [-0.25, -0.2) is 9.89 Å². The standard InChI is InChI=1S/C11H19N3O2S/c1-2-3-7-17-11-13-12-10(15)14(11)8-9-5-4-6-16-9/h9H,2-8H2,1H3,(H,12,15). The van der Waals surface area contributed by atoms with Crippen molar-refractivity contribution in [2.75, 3.05) is 12.4 Å². The van der Waals surface area contributed by atoms with Crippen molar-refractivity contribution in [3.05, 3.63) is 10.5 Å². The molecule has 1 aromatic rings. The molecule has 1 unspecified atom stereocenters. The molecule has 1 aromatic heterocycles. The highest BCUT2D eigenvalue weighted by molar-refractivity contribution is 7.99. The zero-order chi connectivity index (χ0) is 12.1. The molecule has 0 spiro atoms. The molecular weight excluding hydrogens is 238 g/mol. The minimum atomic E-state index is -0.125. The zero-order valence-electron chi connectivity index (χ0n) is 10.1. The third-order valence-corrected chi connectivity index (χ3v) is 3.93. The highest BCUT2D eigenvalue weighted by atomic mass is 32.2. The van der Waals surface area contributed by atoms with Gasteiger partial charge in [-0.1, -0.05) is 25.1 Å². The summed E-state index contributed by atoms with van der Waals surface area (Å²) in [7, 11) is 0. The van der Waals surface area contributed by atoms with Crippen molar-refractivity contribution >= 4 is 11.8 Å². The van der Waals surface area contributed by atoms with Crippen LogP contribution in [0.4, 0.5) is 0 Å². The molecule has 1 N–H and O–H groups in total. The summed E-state index contributed by atoms with van der Waals surface area (Å²) in [6.07, 6.45) is 4.61. The Morgan fingerprint density at radius 2 is 2.53 bits per heavy atom. The number of rotatable bonds is 6. The summed E-state index contributed by atoms with van der Waals surface area (Å²) in [6.45, 7) is 3.60. The first-order valence-corrected chi connectivity index (χ1v) is 7.19. The molecule has 1 atom stereocenters. The van der Waals surface area contributed by atoms with E-state index < -0.39 is 0 Å². The number of hydrogen-bond acceptors (Lipinski definition) is 4. The largest absolute Gasteiger partial charge is 0.376 e. The summed E-state index contributed by atoms with van der Waals surface area (Å²) in [5.74, 6) is 1.01. The lowest BCUT2D eigenvalue weighted by molar-refractivity contribution is 0.0941. The number of unbranched alkanes of at least 4 members (excludes halogenated alkanes) is 1. The number of nitrogens with one attached hydrogen (secondary N) is 1. The van der Waals surface area contributed by atoms with Gasteiger partial charge >= 0.3 is 5.69 Å². The van der Waals surface area contributed by atoms with Crippen LogP contribution >= 0.6 is 11.8 Å². The molecule has 0 saturated carbocycles. The van der Waals surface area contributed by atoms with Gasteiger partial charge < -0.3 is 4.74 Å². The van der Waals surface area contributed by atoms with Crippen molar-refractivity contribution in [1.29, 1.82) is 0 Å². The minimum absolute atomic E-state index is 0.125. The molecule has 17 heavy (non-hydrogen) atoms. The zero-order valence-corrected chi connectivity index (χ0v) is 11.0.